The van der Waals surface area contributed by atoms with E-state index < -0.39 is 11.7 Å². The van der Waals surface area contributed by atoms with Crippen molar-refractivity contribution in [2.75, 3.05) is 0 Å². The number of hydrazone groups is 1. The number of nitrogens with one attached hydrogen (secondary N) is 1. The van der Waals surface area contributed by atoms with E-state index in [0.29, 0.717) is 23.7 Å². The first kappa shape index (κ1) is 10.4. The van der Waals surface area contributed by atoms with Crippen molar-refractivity contribution in [3.63, 3.8) is 0 Å². The van der Waals surface area contributed by atoms with Crippen LogP contribution in [0.3, 0.4) is 0 Å². The van der Waals surface area contributed by atoms with Gasteiger partial charge in [-0.2, -0.15) is 5.10 Å². The van der Waals surface area contributed by atoms with Crippen LogP contribution in [0.1, 0.15) is 6.42 Å². The van der Waals surface area contributed by atoms with Crippen molar-refractivity contribution in [1.82, 2.24) is 5.43 Å². The summed E-state index contributed by atoms with van der Waals surface area (Å²) in [5.41, 5.74) is 7.26. The number of rotatable bonds is 1. The standard InChI is InChI=1S/C12H13FIN3O/c13-12-7-3-1-2-4(5(3)10(12)14)8(12)9(6(2)7)16-17-11(15)18/h2-8,10H,1H2,(H3,15,17,18)/t2-,3-,4+,5-,6-,7+,8+,10-,12+/m0/s1. The highest BCUT2D eigenvalue weighted by Gasteiger charge is 2.89. The molecule has 4 nitrogen and oxygen atoms in total. The van der Waals surface area contributed by atoms with Crippen molar-refractivity contribution in [2.24, 2.45) is 52.3 Å². The predicted octanol–water partition coefficient (Wildman–Crippen LogP) is 1.29. The highest BCUT2D eigenvalue weighted by atomic mass is 127. The molecule has 96 valence electrons. The normalized spacial score (nSPS) is 66.9. The Bertz CT molecular complexity index is 523. The van der Waals surface area contributed by atoms with E-state index in [-0.39, 0.29) is 21.7 Å². The summed E-state index contributed by atoms with van der Waals surface area (Å²) in [5, 5.41) is 4.17. The molecule has 0 radical (unpaired) electrons. The fourth-order valence-electron chi connectivity index (χ4n) is 6.44. The summed E-state index contributed by atoms with van der Waals surface area (Å²) in [6.07, 6.45) is 1.18. The van der Waals surface area contributed by atoms with Crippen molar-refractivity contribution in [3.8, 4) is 0 Å². The summed E-state index contributed by atoms with van der Waals surface area (Å²) in [6.45, 7) is 0. The third-order valence-electron chi connectivity index (χ3n) is 6.38. The number of halogens is 2. The molecule has 6 aliphatic rings. The molecule has 0 aromatic carbocycles. The molecule has 6 rings (SSSR count). The number of nitrogens with zero attached hydrogens (tertiary/aromatic N) is 1. The summed E-state index contributed by atoms with van der Waals surface area (Å²) in [4.78, 5) is 10.8. The van der Waals surface area contributed by atoms with Gasteiger partial charge in [0.05, 0.1) is 0 Å². The van der Waals surface area contributed by atoms with Crippen LogP contribution in [0.25, 0.3) is 0 Å². The lowest BCUT2D eigenvalue weighted by Gasteiger charge is -2.36. The first-order chi connectivity index (χ1) is 8.56. The van der Waals surface area contributed by atoms with Crippen LogP contribution in [0.15, 0.2) is 5.10 Å². The molecule has 6 aliphatic carbocycles. The predicted molar refractivity (Wildman–Crippen MR) is 70.8 cm³/mol. The molecule has 6 bridgehead atoms. The van der Waals surface area contributed by atoms with Crippen LogP contribution in [0, 0.1) is 41.4 Å². The number of carbonyl (C=O) groups excluding carboxylic acids is 1. The molecule has 6 heteroatoms. The maximum Gasteiger partial charge on any atom is 0.332 e. The first-order valence-corrected chi connectivity index (χ1v) is 7.77. The minimum atomic E-state index is -1.05. The number of primary amides is 1. The number of amides is 2. The van der Waals surface area contributed by atoms with Crippen molar-refractivity contribution >= 4 is 34.3 Å². The van der Waals surface area contributed by atoms with Gasteiger partial charge in [-0.25, -0.2) is 14.6 Å². The zero-order valence-corrected chi connectivity index (χ0v) is 11.7. The van der Waals surface area contributed by atoms with Crippen LogP contribution in [-0.4, -0.2) is 21.3 Å². The van der Waals surface area contributed by atoms with E-state index in [1.165, 1.54) is 6.42 Å². The number of nitrogens with two attached hydrogens (primary N) is 1. The van der Waals surface area contributed by atoms with E-state index in [1.54, 1.807) is 0 Å². The highest BCUT2D eigenvalue weighted by molar-refractivity contribution is 14.1. The van der Waals surface area contributed by atoms with E-state index in [1.807, 2.05) is 0 Å². The van der Waals surface area contributed by atoms with E-state index in [0.717, 1.165) is 5.71 Å². The smallest absolute Gasteiger partial charge is 0.332 e. The molecule has 6 fully saturated rings. The fourth-order valence-corrected chi connectivity index (χ4v) is 8.26. The van der Waals surface area contributed by atoms with Crippen molar-refractivity contribution in [1.29, 1.82) is 0 Å². The topological polar surface area (TPSA) is 67.5 Å². The van der Waals surface area contributed by atoms with Gasteiger partial charge >= 0.3 is 6.03 Å². The van der Waals surface area contributed by atoms with Gasteiger partial charge in [-0.1, -0.05) is 22.6 Å². The van der Waals surface area contributed by atoms with Crippen molar-refractivity contribution in [3.05, 3.63) is 0 Å². The quantitative estimate of drug-likeness (QED) is 0.413. The maximum absolute atomic E-state index is 15.4. The Kier molecular flexibility index (Phi) is 1.57. The van der Waals surface area contributed by atoms with E-state index >= 15 is 4.39 Å². The molecule has 6 saturated carbocycles. The molecule has 18 heavy (non-hydrogen) atoms. The largest absolute Gasteiger partial charge is 0.350 e. The minimum absolute atomic E-state index is 0.0324. The Balaban J connectivity index is 1.67. The van der Waals surface area contributed by atoms with E-state index in [9.17, 15) is 4.79 Å². The number of urea groups is 1. The molecular weight excluding hydrogens is 348 g/mol. The molecule has 2 amide bonds. The van der Waals surface area contributed by atoms with Gasteiger partial charge in [-0.15, -0.1) is 0 Å². The lowest BCUT2D eigenvalue weighted by atomic mass is 9.70. The van der Waals surface area contributed by atoms with Crippen LogP contribution >= 0.6 is 22.6 Å². The van der Waals surface area contributed by atoms with Crippen LogP contribution in [0.4, 0.5) is 9.18 Å². The Morgan fingerprint density at radius 3 is 2.94 bits per heavy atom. The van der Waals surface area contributed by atoms with Crippen molar-refractivity contribution < 1.29 is 9.18 Å². The van der Waals surface area contributed by atoms with Crippen LogP contribution < -0.4 is 11.2 Å². The minimum Gasteiger partial charge on any atom is -0.350 e. The summed E-state index contributed by atoms with van der Waals surface area (Å²) in [7, 11) is 0. The molecule has 0 aromatic rings. The first-order valence-electron chi connectivity index (χ1n) is 6.52. The average Bonchev–Trinajstić information content (AvgIpc) is 2.99. The van der Waals surface area contributed by atoms with Crippen LogP contribution in [0.2, 0.25) is 0 Å². The molecule has 0 aromatic heterocycles. The molecule has 0 saturated heterocycles. The molecule has 0 unspecified atom stereocenters. The number of hydrogen-bond acceptors (Lipinski definition) is 2. The number of hydrogen-bond donors (Lipinski definition) is 2. The number of alkyl halides is 2. The summed E-state index contributed by atoms with van der Waals surface area (Å²) in [5.74, 6) is 2.70. The Morgan fingerprint density at radius 2 is 2.28 bits per heavy atom. The SMILES string of the molecule is NC(=O)NN=C1[C@H]2[C@H]3C[C@H]4[C@H]5[C@@H]3[C@H]1[C@](F)([C@H]42)[C@H]5I. The maximum atomic E-state index is 15.4. The van der Waals surface area contributed by atoms with Gasteiger partial charge < -0.3 is 5.73 Å². The second kappa shape index (κ2) is 2.71. The zero-order valence-electron chi connectivity index (χ0n) is 9.51. The number of carbonyl (C=O) groups is 1. The third-order valence-corrected chi connectivity index (χ3v) is 8.16. The average molecular weight is 361 g/mol. The van der Waals surface area contributed by atoms with Crippen LogP contribution in [0.5, 0.6) is 0 Å². The lowest BCUT2D eigenvalue weighted by molar-refractivity contribution is 0.0218. The van der Waals surface area contributed by atoms with Gasteiger partial charge in [0.15, 0.2) is 0 Å². The van der Waals surface area contributed by atoms with Crippen molar-refractivity contribution in [2.45, 2.75) is 16.0 Å². The monoisotopic (exact) mass is 361 g/mol. The molecule has 0 aliphatic heterocycles. The highest BCUT2D eigenvalue weighted by Crippen LogP contribution is 2.85. The summed E-state index contributed by atoms with van der Waals surface area (Å²) in [6, 6.07) is -0.653. The zero-order chi connectivity index (χ0) is 12.4. The lowest BCUT2D eigenvalue weighted by Crippen LogP contribution is -2.42. The summed E-state index contributed by atoms with van der Waals surface area (Å²) >= 11 is 2.33. The second-order valence-corrected chi connectivity index (χ2v) is 7.83. The van der Waals surface area contributed by atoms with E-state index in [4.69, 9.17) is 5.73 Å². The van der Waals surface area contributed by atoms with E-state index in [2.05, 4.69) is 33.1 Å². The Labute approximate surface area is 117 Å². The molecule has 3 N–H and O–H groups in total. The summed E-state index contributed by atoms with van der Waals surface area (Å²) < 4.78 is 15.6. The van der Waals surface area contributed by atoms with Gasteiger partial charge in [-0.3, -0.25) is 0 Å². The Morgan fingerprint density at radius 1 is 1.50 bits per heavy atom. The Hall–Kier alpha value is -0.400. The second-order valence-electron chi connectivity index (χ2n) is 6.49. The third kappa shape index (κ3) is 0.750. The van der Waals surface area contributed by atoms with Gasteiger partial charge in [0.1, 0.15) is 5.67 Å². The molecule has 0 heterocycles. The molecular formula is C12H13FIN3O. The fraction of sp³-hybridized carbons (Fsp3) is 0.833. The van der Waals surface area contributed by atoms with Gasteiger partial charge in [0.2, 0.25) is 0 Å². The molecule has 9 atom stereocenters. The molecule has 0 spiro atoms. The van der Waals surface area contributed by atoms with Crippen LogP contribution in [-0.2, 0) is 0 Å². The van der Waals surface area contributed by atoms with Gasteiger partial charge in [-0.05, 0) is 30.1 Å². The van der Waals surface area contributed by atoms with Gasteiger partial charge in [0, 0.05) is 27.4 Å². The van der Waals surface area contributed by atoms with Gasteiger partial charge in [0.25, 0.3) is 0 Å².